The molecule has 3 heteroatoms. The highest BCUT2D eigenvalue weighted by atomic mass is 19.1. The molecule has 0 bridgehead atoms. The van der Waals surface area contributed by atoms with Gasteiger partial charge in [-0.2, -0.15) is 5.26 Å². The molecule has 0 aromatic heterocycles. The lowest BCUT2D eigenvalue weighted by molar-refractivity contribution is 0.192. The number of benzene rings is 1. The third-order valence-corrected chi connectivity index (χ3v) is 4.31. The third kappa shape index (κ3) is 3.12. The van der Waals surface area contributed by atoms with Gasteiger partial charge in [0.15, 0.2) is 0 Å². The Hall–Kier alpha value is -1.43. The summed E-state index contributed by atoms with van der Waals surface area (Å²) in [6, 6.07) is 6.05. The predicted octanol–water partition coefficient (Wildman–Crippen LogP) is 4.62. The summed E-state index contributed by atoms with van der Waals surface area (Å²) in [5, 5.41) is 9.52. The molecule has 0 aliphatic heterocycles. The maximum atomic E-state index is 13.7. The number of nitriles is 1. The third-order valence-electron chi connectivity index (χ3n) is 4.31. The molecule has 2 unspecified atom stereocenters. The van der Waals surface area contributed by atoms with Gasteiger partial charge in [0.25, 0.3) is 0 Å². The Kier molecular flexibility index (Phi) is 4.19. The van der Waals surface area contributed by atoms with E-state index >= 15 is 0 Å². The summed E-state index contributed by atoms with van der Waals surface area (Å²) in [5.74, 6) is -0.549. The van der Waals surface area contributed by atoms with E-state index in [0.29, 0.717) is 17.9 Å². The van der Waals surface area contributed by atoms with Gasteiger partial charge in [-0.25, -0.2) is 8.78 Å². The number of nitrogens with zero attached hydrogens (tertiary/aromatic N) is 1. The summed E-state index contributed by atoms with van der Waals surface area (Å²) in [5.41, 5.74) is -0.0165. The van der Waals surface area contributed by atoms with E-state index in [1.54, 1.807) is 0 Å². The second kappa shape index (κ2) is 5.69. The molecule has 1 aromatic carbocycles. The first-order valence-electron chi connectivity index (χ1n) is 6.94. The Labute approximate surface area is 113 Å². The molecule has 1 fully saturated rings. The molecular formula is C16H19F2N. The molecule has 0 spiro atoms. The maximum Gasteiger partial charge on any atom is 0.129 e. The van der Waals surface area contributed by atoms with Gasteiger partial charge in [-0.05, 0) is 36.8 Å². The number of hydrogen-bond donors (Lipinski definition) is 0. The number of halogens is 2. The number of hydrogen-bond acceptors (Lipinski definition) is 1. The zero-order valence-electron chi connectivity index (χ0n) is 11.3. The minimum atomic E-state index is -0.567. The molecule has 102 valence electrons. The lowest BCUT2D eigenvalue weighted by Crippen LogP contribution is -2.29. The molecular weight excluding hydrogens is 244 g/mol. The Morgan fingerprint density at radius 1 is 1.42 bits per heavy atom. The van der Waals surface area contributed by atoms with Crippen molar-refractivity contribution in [3.05, 3.63) is 35.4 Å². The SMILES string of the molecule is CCC1CCCC(C#N)(Cc2ccc(F)cc2F)C1. The van der Waals surface area contributed by atoms with Crippen LogP contribution in [0.5, 0.6) is 0 Å². The van der Waals surface area contributed by atoms with Gasteiger partial charge >= 0.3 is 0 Å². The van der Waals surface area contributed by atoms with E-state index in [1.807, 2.05) is 0 Å². The average molecular weight is 263 g/mol. The summed E-state index contributed by atoms with van der Waals surface area (Å²) in [6.45, 7) is 2.14. The smallest absolute Gasteiger partial charge is 0.129 e. The van der Waals surface area contributed by atoms with Crippen LogP contribution in [-0.2, 0) is 6.42 Å². The molecule has 2 rings (SSSR count). The standard InChI is InChI=1S/C16H19F2N/c1-2-12-4-3-7-16(9-12,11-19)10-13-5-6-14(17)8-15(13)18/h5-6,8,12H,2-4,7,9-10H2,1H3. The number of rotatable bonds is 3. The van der Waals surface area contributed by atoms with Gasteiger partial charge in [0.1, 0.15) is 11.6 Å². The van der Waals surface area contributed by atoms with Crippen LogP contribution in [0.4, 0.5) is 8.78 Å². The zero-order valence-corrected chi connectivity index (χ0v) is 11.3. The Morgan fingerprint density at radius 2 is 2.21 bits per heavy atom. The van der Waals surface area contributed by atoms with Crippen molar-refractivity contribution in [2.45, 2.75) is 45.4 Å². The topological polar surface area (TPSA) is 23.8 Å². The molecule has 1 aliphatic rings. The summed E-state index contributed by atoms with van der Waals surface area (Å²) in [6.07, 6.45) is 5.29. The second-order valence-corrected chi connectivity index (χ2v) is 5.68. The van der Waals surface area contributed by atoms with Gasteiger partial charge in [-0.15, -0.1) is 0 Å². The van der Waals surface area contributed by atoms with Crippen molar-refractivity contribution < 1.29 is 8.78 Å². The van der Waals surface area contributed by atoms with Crippen LogP contribution in [0.2, 0.25) is 0 Å². The zero-order chi connectivity index (χ0) is 13.9. The molecule has 1 saturated carbocycles. The Balaban J connectivity index is 2.21. The average Bonchev–Trinajstić information content (AvgIpc) is 2.42. The van der Waals surface area contributed by atoms with E-state index in [2.05, 4.69) is 13.0 Å². The van der Waals surface area contributed by atoms with Crippen LogP contribution in [0.15, 0.2) is 18.2 Å². The van der Waals surface area contributed by atoms with Crippen molar-refractivity contribution in [2.75, 3.05) is 0 Å². The molecule has 0 saturated heterocycles. The molecule has 1 aliphatic carbocycles. The van der Waals surface area contributed by atoms with Crippen molar-refractivity contribution in [1.82, 2.24) is 0 Å². The molecule has 0 amide bonds. The fraction of sp³-hybridized carbons (Fsp3) is 0.562. The molecule has 0 radical (unpaired) electrons. The predicted molar refractivity (Wildman–Crippen MR) is 70.4 cm³/mol. The van der Waals surface area contributed by atoms with E-state index in [1.165, 1.54) is 12.1 Å². The molecule has 0 N–H and O–H groups in total. The van der Waals surface area contributed by atoms with Crippen LogP contribution in [-0.4, -0.2) is 0 Å². The lowest BCUT2D eigenvalue weighted by Gasteiger charge is -2.35. The van der Waals surface area contributed by atoms with Crippen LogP contribution in [0.3, 0.4) is 0 Å². The van der Waals surface area contributed by atoms with Gasteiger partial charge in [0, 0.05) is 6.07 Å². The largest absolute Gasteiger partial charge is 0.207 e. The van der Waals surface area contributed by atoms with Gasteiger partial charge in [0.2, 0.25) is 0 Å². The van der Waals surface area contributed by atoms with Gasteiger partial charge in [0.05, 0.1) is 11.5 Å². The molecule has 1 nitrogen and oxygen atoms in total. The normalized spacial score (nSPS) is 26.9. The first-order valence-corrected chi connectivity index (χ1v) is 6.94. The molecule has 2 atom stereocenters. The minimum absolute atomic E-state index is 0.395. The molecule has 0 heterocycles. The van der Waals surface area contributed by atoms with Crippen molar-refractivity contribution >= 4 is 0 Å². The van der Waals surface area contributed by atoms with Crippen LogP contribution in [0.25, 0.3) is 0 Å². The second-order valence-electron chi connectivity index (χ2n) is 5.68. The van der Waals surface area contributed by atoms with Gasteiger partial charge < -0.3 is 0 Å². The Bertz CT molecular complexity index is 492. The lowest BCUT2D eigenvalue weighted by atomic mass is 9.67. The summed E-state index contributed by atoms with van der Waals surface area (Å²) in [7, 11) is 0. The van der Waals surface area contributed by atoms with Crippen molar-refractivity contribution in [2.24, 2.45) is 11.3 Å². The van der Waals surface area contributed by atoms with Crippen LogP contribution >= 0.6 is 0 Å². The van der Waals surface area contributed by atoms with Crippen molar-refractivity contribution in [1.29, 1.82) is 5.26 Å². The van der Waals surface area contributed by atoms with E-state index in [-0.39, 0.29) is 0 Å². The van der Waals surface area contributed by atoms with E-state index in [4.69, 9.17) is 0 Å². The van der Waals surface area contributed by atoms with Crippen LogP contribution in [0, 0.1) is 34.3 Å². The summed E-state index contributed by atoms with van der Waals surface area (Å²) < 4.78 is 26.7. The first kappa shape index (κ1) is 14.0. The highest BCUT2D eigenvalue weighted by Crippen LogP contribution is 2.42. The molecule has 1 aromatic rings. The maximum absolute atomic E-state index is 13.7. The van der Waals surface area contributed by atoms with Crippen molar-refractivity contribution in [3.8, 4) is 6.07 Å². The highest BCUT2D eigenvalue weighted by Gasteiger charge is 2.36. The molecule has 19 heavy (non-hydrogen) atoms. The Morgan fingerprint density at radius 3 is 2.84 bits per heavy atom. The fourth-order valence-corrected chi connectivity index (χ4v) is 3.17. The minimum Gasteiger partial charge on any atom is -0.207 e. The van der Waals surface area contributed by atoms with Crippen LogP contribution in [0.1, 0.15) is 44.6 Å². The van der Waals surface area contributed by atoms with E-state index < -0.39 is 17.0 Å². The summed E-state index contributed by atoms with van der Waals surface area (Å²) in [4.78, 5) is 0. The first-order chi connectivity index (χ1) is 9.08. The van der Waals surface area contributed by atoms with E-state index in [9.17, 15) is 14.0 Å². The van der Waals surface area contributed by atoms with Crippen LogP contribution < -0.4 is 0 Å². The fourth-order valence-electron chi connectivity index (χ4n) is 3.17. The van der Waals surface area contributed by atoms with E-state index in [0.717, 1.165) is 38.2 Å². The van der Waals surface area contributed by atoms with Gasteiger partial charge in [-0.3, -0.25) is 0 Å². The quantitative estimate of drug-likeness (QED) is 0.780. The monoisotopic (exact) mass is 263 g/mol. The van der Waals surface area contributed by atoms with Gasteiger partial charge in [-0.1, -0.05) is 32.3 Å². The highest BCUT2D eigenvalue weighted by molar-refractivity contribution is 5.22. The summed E-state index contributed by atoms with van der Waals surface area (Å²) >= 11 is 0. The van der Waals surface area contributed by atoms with Crippen molar-refractivity contribution in [3.63, 3.8) is 0 Å².